The predicted octanol–water partition coefficient (Wildman–Crippen LogP) is 1.86. The number of hydrogen-bond donors (Lipinski definition) is 0. The number of carbonyl (C=O) groups is 1. The lowest BCUT2D eigenvalue weighted by atomic mass is 10.0. The Kier molecular flexibility index (Phi) is 5.15. The van der Waals surface area contributed by atoms with E-state index in [1.165, 1.54) is 12.1 Å². The van der Waals surface area contributed by atoms with Crippen LogP contribution in [0.1, 0.15) is 5.69 Å². The van der Waals surface area contributed by atoms with Gasteiger partial charge in [0.1, 0.15) is 18.0 Å². The Labute approximate surface area is 157 Å². The number of benzene rings is 1. The van der Waals surface area contributed by atoms with Gasteiger partial charge >= 0.3 is 0 Å². The summed E-state index contributed by atoms with van der Waals surface area (Å²) in [5, 5.41) is 0. The van der Waals surface area contributed by atoms with E-state index in [-0.39, 0.29) is 18.3 Å². The number of pyridine rings is 1. The van der Waals surface area contributed by atoms with E-state index in [9.17, 15) is 9.18 Å². The number of morpholine rings is 1. The topological polar surface area (TPSA) is 54.9 Å². The van der Waals surface area contributed by atoms with Crippen LogP contribution in [-0.2, 0) is 20.8 Å². The molecule has 1 amide bonds. The van der Waals surface area contributed by atoms with Gasteiger partial charge in [0.2, 0.25) is 0 Å². The summed E-state index contributed by atoms with van der Waals surface area (Å²) in [6.07, 6.45) is 1.78. The van der Waals surface area contributed by atoms with Gasteiger partial charge in [-0.3, -0.25) is 14.7 Å². The number of nitrogens with zero attached hydrogens (tertiary/aromatic N) is 3. The molecule has 3 heterocycles. The molecule has 6 nitrogen and oxygen atoms in total. The van der Waals surface area contributed by atoms with E-state index in [0.29, 0.717) is 38.5 Å². The maximum atomic E-state index is 13.3. The molecule has 27 heavy (non-hydrogen) atoms. The van der Waals surface area contributed by atoms with Gasteiger partial charge in [0.05, 0.1) is 25.5 Å². The molecule has 2 fully saturated rings. The minimum absolute atomic E-state index is 0.0157. The van der Waals surface area contributed by atoms with Crippen LogP contribution in [0, 0.1) is 5.82 Å². The predicted molar refractivity (Wildman–Crippen MR) is 97.8 cm³/mol. The Morgan fingerprint density at radius 3 is 2.78 bits per heavy atom. The van der Waals surface area contributed by atoms with Crippen molar-refractivity contribution >= 4 is 11.6 Å². The molecule has 142 valence electrons. The highest BCUT2D eigenvalue weighted by Gasteiger charge is 2.43. The Balaban J connectivity index is 1.53. The zero-order valence-corrected chi connectivity index (χ0v) is 15.0. The average Bonchev–Trinajstić information content (AvgIpc) is 2.88. The number of anilines is 1. The van der Waals surface area contributed by atoms with Crippen LogP contribution in [-0.4, -0.2) is 60.8 Å². The van der Waals surface area contributed by atoms with Crippen molar-refractivity contribution in [2.24, 2.45) is 0 Å². The fourth-order valence-corrected chi connectivity index (χ4v) is 3.59. The Morgan fingerprint density at radius 2 is 2.00 bits per heavy atom. The number of rotatable bonds is 3. The first-order valence-electron chi connectivity index (χ1n) is 9.03. The highest BCUT2D eigenvalue weighted by atomic mass is 19.1. The van der Waals surface area contributed by atoms with E-state index in [2.05, 4.69) is 9.88 Å². The van der Waals surface area contributed by atoms with E-state index in [1.54, 1.807) is 23.2 Å². The van der Waals surface area contributed by atoms with E-state index < -0.39 is 5.60 Å². The first-order chi connectivity index (χ1) is 13.1. The fraction of sp³-hybridized carbons (Fsp3) is 0.400. The van der Waals surface area contributed by atoms with Crippen molar-refractivity contribution < 1.29 is 18.7 Å². The molecule has 4 rings (SSSR count). The summed E-state index contributed by atoms with van der Waals surface area (Å²) in [5.41, 5.74) is 1.04. The van der Waals surface area contributed by atoms with Crippen LogP contribution < -0.4 is 4.90 Å². The average molecular weight is 371 g/mol. The van der Waals surface area contributed by atoms with Crippen LogP contribution in [0.2, 0.25) is 0 Å². The van der Waals surface area contributed by atoms with Gasteiger partial charge in [-0.2, -0.15) is 0 Å². The third-order valence-electron chi connectivity index (χ3n) is 4.93. The molecule has 7 heteroatoms. The Bertz CT molecular complexity index is 787. The molecule has 2 saturated heterocycles. The van der Waals surface area contributed by atoms with E-state index in [0.717, 1.165) is 12.2 Å². The maximum absolute atomic E-state index is 13.3. The van der Waals surface area contributed by atoms with Crippen LogP contribution >= 0.6 is 0 Å². The summed E-state index contributed by atoms with van der Waals surface area (Å²) in [5.74, 6) is -0.457. The quantitative estimate of drug-likeness (QED) is 0.824. The number of ether oxygens (including phenoxy) is 2. The molecule has 0 N–H and O–H groups in total. The molecule has 1 atom stereocenters. The van der Waals surface area contributed by atoms with Crippen LogP contribution in [0.15, 0.2) is 48.7 Å². The van der Waals surface area contributed by atoms with Gasteiger partial charge in [0.15, 0.2) is 0 Å². The van der Waals surface area contributed by atoms with Crippen LogP contribution in [0.3, 0.4) is 0 Å². The first kappa shape index (κ1) is 18.0. The fourth-order valence-electron chi connectivity index (χ4n) is 3.59. The summed E-state index contributed by atoms with van der Waals surface area (Å²) in [6.45, 7) is 3.47. The maximum Gasteiger partial charge on any atom is 0.253 e. The molecule has 2 aromatic rings. The molecule has 0 bridgehead atoms. The molecule has 1 spiro atoms. The first-order valence-corrected chi connectivity index (χ1v) is 9.03. The summed E-state index contributed by atoms with van der Waals surface area (Å²) >= 11 is 0. The van der Waals surface area contributed by atoms with E-state index >= 15 is 0 Å². The van der Waals surface area contributed by atoms with Gasteiger partial charge in [-0.25, -0.2) is 4.39 Å². The minimum Gasteiger partial charge on any atom is -0.377 e. The lowest BCUT2D eigenvalue weighted by Crippen LogP contribution is -2.60. The van der Waals surface area contributed by atoms with E-state index in [1.807, 2.05) is 18.2 Å². The van der Waals surface area contributed by atoms with Crippen molar-refractivity contribution in [2.75, 3.05) is 44.4 Å². The molecular formula is C20H22FN3O3. The number of amides is 1. The minimum atomic E-state index is -0.617. The third kappa shape index (κ3) is 4.16. The molecule has 0 radical (unpaired) electrons. The molecule has 0 saturated carbocycles. The number of aromatic nitrogens is 1. The largest absolute Gasteiger partial charge is 0.377 e. The van der Waals surface area contributed by atoms with Gasteiger partial charge in [-0.15, -0.1) is 0 Å². The van der Waals surface area contributed by atoms with Crippen molar-refractivity contribution in [3.05, 3.63) is 60.2 Å². The van der Waals surface area contributed by atoms with Crippen molar-refractivity contribution in [3.8, 4) is 0 Å². The van der Waals surface area contributed by atoms with Gasteiger partial charge in [-0.05, 0) is 36.4 Å². The molecular weight excluding hydrogens is 349 g/mol. The molecule has 0 aliphatic carbocycles. The van der Waals surface area contributed by atoms with Crippen LogP contribution in [0.5, 0.6) is 0 Å². The summed E-state index contributed by atoms with van der Waals surface area (Å²) in [6, 6.07) is 11.8. The second-order valence-electron chi connectivity index (χ2n) is 7.01. The summed E-state index contributed by atoms with van der Waals surface area (Å²) in [7, 11) is 0. The molecule has 1 aromatic carbocycles. The summed E-state index contributed by atoms with van der Waals surface area (Å²) < 4.78 is 25.0. The van der Waals surface area contributed by atoms with Crippen LogP contribution in [0.25, 0.3) is 0 Å². The number of carbonyl (C=O) groups excluding carboxylic acids is 1. The number of hydrogen-bond acceptors (Lipinski definition) is 5. The monoisotopic (exact) mass is 371 g/mol. The molecule has 1 unspecified atom stereocenters. The normalized spacial score (nSPS) is 24.2. The van der Waals surface area contributed by atoms with Gasteiger partial charge in [0, 0.05) is 31.5 Å². The lowest BCUT2D eigenvalue weighted by molar-refractivity contribution is -0.146. The highest BCUT2D eigenvalue weighted by Crippen LogP contribution is 2.27. The SMILES string of the molecule is O=C1COC2(COCCN(Cc3ccccn3)C2)CN1c1ccc(F)cc1. The Morgan fingerprint density at radius 1 is 1.15 bits per heavy atom. The standard InChI is InChI=1S/C20H22FN3O3/c21-16-4-6-18(7-5-16)24-14-20(27-12-19(24)25)13-23(9-10-26-15-20)11-17-3-1-2-8-22-17/h1-8H,9-15H2. The molecule has 1 aromatic heterocycles. The second-order valence-corrected chi connectivity index (χ2v) is 7.01. The zero-order valence-electron chi connectivity index (χ0n) is 15.0. The van der Waals surface area contributed by atoms with Crippen molar-refractivity contribution in [2.45, 2.75) is 12.1 Å². The van der Waals surface area contributed by atoms with Crippen LogP contribution in [0.4, 0.5) is 10.1 Å². The van der Waals surface area contributed by atoms with Crippen molar-refractivity contribution in [1.29, 1.82) is 0 Å². The number of halogens is 1. The van der Waals surface area contributed by atoms with Gasteiger partial charge < -0.3 is 14.4 Å². The summed E-state index contributed by atoms with van der Waals surface area (Å²) in [4.78, 5) is 20.7. The van der Waals surface area contributed by atoms with E-state index in [4.69, 9.17) is 9.47 Å². The Hall–Kier alpha value is -2.35. The second kappa shape index (κ2) is 7.72. The van der Waals surface area contributed by atoms with Crippen molar-refractivity contribution in [1.82, 2.24) is 9.88 Å². The highest BCUT2D eigenvalue weighted by molar-refractivity contribution is 5.95. The lowest BCUT2D eigenvalue weighted by Gasteiger charge is -2.43. The molecule has 2 aliphatic heterocycles. The smallest absolute Gasteiger partial charge is 0.253 e. The molecule has 2 aliphatic rings. The van der Waals surface area contributed by atoms with Gasteiger partial charge in [0.25, 0.3) is 5.91 Å². The third-order valence-corrected chi connectivity index (χ3v) is 4.93. The zero-order chi connectivity index (χ0) is 18.7. The van der Waals surface area contributed by atoms with Crippen molar-refractivity contribution in [3.63, 3.8) is 0 Å². The van der Waals surface area contributed by atoms with Gasteiger partial charge in [-0.1, -0.05) is 6.07 Å².